The third-order valence-corrected chi connectivity index (χ3v) is 4.39. The minimum atomic E-state index is -3.18. The first-order valence-electron chi connectivity index (χ1n) is 6.20. The van der Waals surface area contributed by atoms with Gasteiger partial charge in [-0.25, -0.2) is 8.42 Å². The van der Waals surface area contributed by atoms with Gasteiger partial charge >= 0.3 is 0 Å². The normalized spacial score (nSPS) is 20.7. The van der Waals surface area contributed by atoms with Crippen LogP contribution in [-0.2, 0) is 14.6 Å². The Morgan fingerprint density at radius 2 is 1.89 bits per heavy atom. The van der Waals surface area contributed by atoms with E-state index in [1.54, 1.807) is 11.0 Å². The van der Waals surface area contributed by atoms with Gasteiger partial charge in [-0.15, -0.1) is 0 Å². The second-order valence-electron chi connectivity index (χ2n) is 4.92. The van der Waals surface area contributed by atoms with E-state index in [0.717, 1.165) is 5.69 Å². The number of benzene rings is 1. The zero-order valence-corrected chi connectivity index (χ0v) is 11.8. The molecule has 1 aromatic rings. The van der Waals surface area contributed by atoms with E-state index in [0.29, 0.717) is 0 Å². The number of nitrogens with zero attached hydrogens (tertiary/aromatic N) is 1. The Morgan fingerprint density at radius 1 is 1.26 bits per heavy atom. The number of hydrogen-bond donors (Lipinski definition) is 0. The zero-order chi connectivity index (χ0) is 14.0. The molecule has 0 N–H and O–H groups in total. The molecule has 1 aliphatic heterocycles. The highest BCUT2D eigenvalue weighted by Gasteiger charge is 2.32. The Kier molecular flexibility index (Phi) is 3.75. The minimum Gasteiger partial charge on any atom is -0.304 e. The number of para-hydroxylation sites is 1. The summed E-state index contributed by atoms with van der Waals surface area (Å²) in [7, 11) is -3.18. The summed E-state index contributed by atoms with van der Waals surface area (Å²) in [5.41, 5.74) is 0.730. The quantitative estimate of drug-likeness (QED) is 0.850. The predicted octanol–water partition coefficient (Wildman–Crippen LogP) is 1.99. The molecule has 1 aliphatic rings. The number of anilines is 1. The van der Waals surface area contributed by atoms with E-state index in [9.17, 15) is 13.2 Å². The first kappa shape index (κ1) is 13.8. The van der Waals surface area contributed by atoms with Gasteiger partial charge in [-0.2, -0.15) is 0 Å². The average Bonchev–Trinajstić information content (AvgIpc) is 2.71. The maximum Gasteiger partial charge on any atom is 0.230 e. The van der Waals surface area contributed by atoms with Crippen molar-refractivity contribution < 1.29 is 13.2 Å². The molecule has 102 valence electrons. The molecular weight excluding hydrogens is 262 g/mol. The molecule has 0 saturated heterocycles. The molecule has 0 fully saturated rings. The number of rotatable bonds is 3. The van der Waals surface area contributed by atoms with Crippen LogP contribution in [0.5, 0.6) is 0 Å². The first-order valence-corrected chi connectivity index (χ1v) is 7.91. The maximum absolute atomic E-state index is 12.3. The summed E-state index contributed by atoms with van der Waals surface area (Å²) < 4.78 is 23.1. The maximum atomic E-state index is 12.3. The summed E-state index contributed by atoms with van der Waals surface area (Å²) in [5, 5.41) is 1.20. The molecule has 19 heavy (non-hydrogen) atoms. The van der Waals surface area contributed by atoms with Crippen LogP contribution in [-0.4, -0.2) is 26.1 Å². The number of carbonyl (C=O) groups is 1. The van der Waals surface area contributed by atoms with Gasteiger partial charge in [0, 0.05) is 17.0 Å². The minimum absolute atomic E-state index is 0.0413. The van der Waals surface area contributed by atoms with E-state index in [-0.39, 0.29) is 17.6 Å². The van der Waals surface area contributed by atoms with Crippen molar-refractivity contribution in [3.05, 3.63) is 41.8 Å². The second-order valence-corrected chi connectivity index (χ2v) is 6.86. The van der Waals surface area contributed by atoms with Crippen LogP contribution in [0.1, 0.15) is 13.8 Å². The monoisotopic (exact) mass is 279 g/mol. The fourth-order valence-corrected chi connectivity index (χ4v) is 3.34. The summed E-state index contributed by atoms with van der Waals surface area (Å²) in [4.78, 5) is 13.9. The molecule has 1 heterocycles. The first-order chi connectivity index (χ1) is 8.91. The standard InChI is InChI=1S/C14H17NO3S/c1-11(2)14(16)15(12-6-4-3-5-7-12)13-8-9-19(17,18)10-13/h3-9,11,13H,10H2,1-2H3/t13-/m1/s1. The summed E-state index contributed by atoms with van der Waals surface area (Å²) in [6, 6.07) is 8.76. The molecule has 1 aromatic carbocycles. The summed E-state index contributed by atoms with van der Waals surface area (Å²) >= 11 is 0. The number of carbonyl (C=O) groups excluding carboxylic acids is 1. The van der Waals surface area contributed by atoms with Crippen molar-refractivity contribution in [3.8, 4) is 0 Å². The third-order valence-electron chi connectivity index (χ3n) is 3.01. The van der Waals surface area contributed by atoms with Gasteiger partial charge in [0.1, 0.15) is 0 Å². The fourth-order valence-electron chi connectivity index (χ4n) is 2.07. The topological polar surface area (TPSA) is 54.5 Å². The van der Waals surface area contributed by atoms with E-state index < -0.39 is 15.9 Å². The number of amides is 1. The molecule has 0 saturated carbocycles. The van der Waals surface area contributed by atoms with Crippen molar-refractivity contribution >= 4 is 21.4 Å². The van der Waals surface area contributed by atoms with Gasteiger partial charge in [-0.3, -0.25) is 4.79 Å². The van der Waals surface area contributed by atoms with E-state index in [1.807, 2.05) is 44.2 Å². The fraction of sp³-hybridized carbons (Fsp3) is 0.357. The van der Waals surface area contributed by atoms with Crippen molar-refractivity contribution in [1.82, 2.24) is 0 Å². The van der Waals surface area contributed by atoms with Crippen LogP contribution in [0, 0.1) is 5.92 Å². The van der Waals surface area contributed by atoms with Gasteiger partial charge in [-0.05, 0) is 18.2 Å². The number of hydrogen-bond acceptors (Lipinski definition) is 3. The molecule has 0 aliphatic carbocycles. The van der Waals surface area contributed by atoms with Crippen LogP contribution < -0.4 is 4.90 Å². The van der Waals surface area contributed by atoms with Crippen LogP contribution in [0.4, 0.5) is 5.69 Å². The van der Waals surface area contributed by atoms with Crippen LogP contribution in [0.25, 0.3) is 0 Å². The van der Waals surface area contributed by atoms with E-state index in [2.05, 4.69) is 0 Å². The molecule has 1 atom stereocenters. The highest BCUT2D eigenvalue weighted by Crippen LogP contribution is 2.24. The highest BCUT2D eigenvalue weighted by atomic mass is 32.2. The lowest BCUT2D eigenvalue weighted by molar-refractivity contribution is -0.121. The zero-order valence-electron chi connectivity index (χ0n) is 11.0. The molecule has 2 rings (SSSR count). The second kappa shape index (κ2) is 5.17. The summed E-state index contributed by atoms with van der Waals surface area (Å²) in [6.45, 7) is 3.62. The van der Waals surface area contributed by atoms with Crippen LogP contribution in [0.15, 0.2) is 41.8 Å². The van der Waals surface area contributed by atoms with Gasteiger partial charge in [0.05, 0.1) is 11.8 Å². The molecular formula is C14H17NO3S. The Labute approximate surface area is 113 Å². The SMILES string of the molecule is CC(C)C(=O)N(c1ccccc1)[C@@H]1C=CS(=O)(=O)C1. The molecule has 0 aromatic heterocycles. The molecule has 0 spiro atoms. The molecule has 5 heteroatoms. The van der Waals surface area contributed by atoms with Crippen molar-refractivity contribution in [2.45, 2.75) is 19.9 Å². The lowest BCUT2D eigenvalue weighted by atomic mass is 10.1. The van der Waals surface area contributed by atoms with Crippen LogP contribution in [0.2, 0.25) is 0 Å². The van der Waals surface area contributed by atoms with Crippen molar-refractivity contribution in [2.24, 2.45) is 5.92 Å². The van der Waals surface area contributed by atoms with Gasteiger partial charge < -0.3 is 4.90 Å². The molecule has 0 radical (unpaired) electrons. The molecule has 1 amide bonds. The van der Waals surface area contributed by atoms with Crippen molar-refractivity contribution in [2.75, 3.05) is 10.7 Å². The van der Waals surface area contributed by atoms with Crippen LogP contribution >= 0.6 is 0 Å². The lowest BCUT2D eigenvalue weighted by Crippen LogP contribution is -2.43. The van der Waals surface area contributed by atoms with Crippen molar-refractivity contribution in [3.63, 3.8) is 0 Å². The third kappa shape index (κ3) is 3.04. The van der Waals surface area contributed by atoms with E-state index in [4.69, 9.17) is 0 Å². The van der Waals surface area contributed by atoms with Gasteiger partial charge in [0.25, 0.3) is 0 Å². The largest absolute Gasteiger partial charge is 0.304 e. The van der Waals surface area contributed by atoms with Crippen LogP contribution in [0.3, 0.4) is 0 Å². The Balaban J connectivity index is 2.37. The summed E-state index contributed by atoms with van der Waals surface area (Å²) in [5.74, 6) is -0.296. The molecule has 0 bridgehead atoms. The summed E-state index contributed by atoms with van der Waals surface area (Å²) in [6.07, 6.45) is 1.59. The average molecular weight is 279 g/mol. The Morgan fingerprint density at radius 3 is 2.37 bits per heavy atom. The lowest BCUT2D eigenvalue weighted by Gasteiger charge is -2.29. The molecule has 4 nitrogen and oxygen atoms in total. The van der Waals surface area contributed by atoms with Gasteiger partial charge in [-0.1, -0.05) is 32.0 Å². The smallest absolute Gasteiger partial charge is 0.230 e. The highest BCUT2D eigenvalue weighted by molar-refractivity contribution is 7.94. The van der Waals surface area contributed by atoms with E-state index in [1.165, 1.54) is 5.41 Å². The van der Waals surface area contributed by atoms with Gasteiger partial charge in [0.2, 0.25) is 5.91 Å². The number of sulfone groups is 1. The Bertz CT molecular complexity index is 590. The van der Waals surface area contributed by atoms with Crippen molar-refractivity contribution in [1.29, 1.82) is 0 Å². The Hall–Kier alpha value is -1.62. The van der Waals surface area contributed by atoms with E-state index >= 15 is 0 Å². The molecule has 0 unspecified atom stereocenters. The predicted molar refractivity (Wildman–Crippen MR) is 75.5 cm³/mol. The van der Waals surface area contributed by atoms with Gasteiger partial charge in [0.15, 0.2) is 9.84 Å².